The zero-order chi connectivity index (χ0) is 14.5. The minimum absolute atomic E-state index is 0.139. The number of benzene rings is 2. The number of nitrogens with zero attached hydrogens (tertiary/aromatic N) is 1. The van der Waals surface area contributed by atoms with Crippen molar-refractivity contribution in [3.8, 4) is 0 Å². The van der Waals surface area contributed by atoms with E-state index < -0.39 is 0 Å². The van der Waals surface area contributed by atoms with Gasteiger partial charge in [-0.3, -0.25) is 0 Å². The Morgan fingerprint density at radius 3 is 2.29 bits per heavy atom. The third-order valence-corrected chi connectivity index (χ3v) is 3.93. The Labute approximate surface area is 125 Å². The minimum Gasteiger partial charge on any atom is -0.345 e. The number of piperidine rings is 1. The topological polar surface area (TPSA) is 20.3 Å². The second-order valence-corrected chi connectivity index (χ2v) is 5.42. The first-order valence-electron chi connectivity index (χ1n) is 7.40. The molecule has 1 aliphatic rings. The van der Waals surface area contributed by atoms with E-state index in [2.05, 4.69) is 47.4 Å². The standard InChI is InChI=1S/C19H19NO/c21-15-17-11-12-20(18-9-5-2-6-10-18)19(14-17)13-16-7-3-1-4-8-16/h1-10,13,15,17H,11-12,14H2. The molecule has 0 amide bonds. The van der Waals surface area contributed by atoms with Gasteiger partial charge in [0.05, 0.1) is 0 Å². The van der Waals surface area contributed by atoms with Gasteiger partial charge in [0.25, 0.3) is 0 Å². The number of hydrogen-bond donors (Lipinski definition) is 0. The van der Waals surface area contributed by atoms with Gasteiger partial charge in [0.2, 0.25) is 0 Å². The van der Waals surface area contributed by atoms with Crippen molar-refractivity contribution in [2.75, 3.05) is 11.4 Å². The van der Waals surface area contributed by atoms with E-state index in [1.165, 1.54) is 16.9 Å². The van der Waals surface area contributed by atoms with Crippen molar-refractivity contribution < 1.29 is 4.79 Å². The van der Waals surface area contributed by atoms with E-state index in [1.54, 1.807) is 0 Å². The Morgan fingerprint density at radius 2 is 1.62 bits per heavy atom. The molecular weight excluding hydrogens is 258 g/mol. The molecule has 2 aromatic rings. The summed E-state index contributed by atoms with van der Waals surface area (Å²) in [7, 11) is 0. The smallest absolute Gasteiger partial charge is 0.123 e. The average molecular weight is 277 g/mol. The Balaban J connectivity index is 1.94. The molecule has 0 N–H and O–H groups in total. The van der Waals surface area contributed by atoms with Crippen molar-refractivity contribution in [2.24, 2.45) is 5.92 Å². The molecule has 3 rings (SSSR count). The highest BCUT2D eigenvalue weighted by molar-refractivity contribution is 5.65. The van der Waals surface area contributed by atoms with Crippen molar-refractivity contribution in [3.05, 3.63) is 71.9 Å². The number of allylic oxidation sites excluding steroid dienone is 1. The number of hydrogen-bond acceptors (Lipinski definition) is 2. The van der Waals surface area contributed by atoms with Crippen molar-refractivity contribution in [2.45, 2.75) is 12.8 Å². The molecule has 1 atom stereocenters. The van der Waals surface area contributed by atoms with E-state index in [1.807, 2.05) is 24.3 Å². The van der Waals surface area contributed by atoms with Crippen LogP contribution in [0.2, 0.25) is 0 Å². The fourth-order valence-electron chi connectivity index (χ4n) is 2.82. The quantitative estimate of drug-likeness (QED) is 0.786. The van der Waals surface area contributed by atoms with Crippen LogP contribution in [0.25, 0.3) is 6.08 Å². The molecule has 1 saturated heterocycles. The van der Waals surface area contributed by atoms with Gasteiger partial charge in [-0.1, -0.05) is 48.5 Å². The molecule has 2 heteroatoms. The van der Waals surface area contributed by atoms with Crippen molar-refractivity contribution in [1.82, 2.24) is 0 Å². The van der Waals surface area contributed by atoms with E-state index in [9.17, 15) is 4.79 Å². The van der Waals surface area contributed by atoms with E-state index in [4.69, 9.17) is 0 Å². The largest absolute Gasteiger partial charge is 0.345 e. The van der Waals surface area contributed by atoms with Gasteiger partial charge in [0.1, 0.15) is 6.29 Å². The second-order valence-electron chi connectivity index (χ2n) is 5.42. The van der Waals surface area contributed by atoms with Crippen molar-refractivity contribution >= 4 is 18.0 Å². The first kappa shape index (κ1) is 13.6. The monoisotopic (exact) mass is 277 g/mol. The van der Waals surface area contributed by atoms with Crippen LogP contribution in [0, 0.1) is 5.92 Å². The number of carbonyl (C=O) groups excluding carboxylic acids is 1. The summed E-state index contributed by atoms with van der Waals surface area (Å²) in [6.07, 6.45) is 5.03. The molecule has 1 heterocycles. The molecule has 1 fully saturated rings. The predicted molar refractivity (Wildman–Crippen MR) is 87.0 cm³/mol. The number of anilines is 1. The summed E-state index contributed by atoms with van der Waals surface area (Å²) in [5, 5.41) is 0. The van der Waals surface area contributed by atoms with Crippen LogP contribution < -0.4 is 4.90 Å². The molecule has 1 unspecified atom stereocenters. The maximum absolute atomic E-state index is 11.2. The molecule has 21 heavy (non-hydrogen) atoms. The Kier molecular flexibility index (Phi) is 4.15. The van der Waals surface area contributed by atoms with Gasteiger partial charge >= 0.3 is 0 Å². The van der Waals surface area contributed by atoms with Crippen LogP contribution in [-0.2, 0) is 4.79 Å². The summed E-state index contributed by atoms with van der Waals surface area (Å²) in [5.74, 6) is 0.139. The highest BCUT2D eigenvalue weighted by Gasteiger charge is 2.23. The van der Waals surface area contributed by atoms with Crippen LogP contribution >= 0.6 is 0 Å². The molecular formula is C19H19NO. The third kappa shape index (κ3) is 3.22. The number of para-hydroxylation sites is 1. The lowest BCUT2D eigenvalue weighted by Crippen LogP contribution is -2.32. The third-order valence-electron chi connectivity index (χ3n) is 3.93. The van der Waals surface area contributed by atoms with Gasteiger partial charge < -0.3 is 9.69 Å². The second kappa shape index (κ2) is 6.40. The summed E-state index contributed by atoms with van der Waals surface area (Å²) >= 11 is 0. The summed E-state index contributed by atoms with van der Waals surface area (Å²) in [6.45, 7) is 0.895. The van der Waals surface area contributed by atoms with Crippen molar-refractivity contribution in [1.29, 1.82) is 0 Å². The van der Waals surface area contributed by atoms with E-state index in [-0.39, 0.29) is 5.92 Å². The normalized spacial score (nSPS) is 20.5. The Bertz CT molecular complexity index is 619. The fourth-order valence-corrected chi connectivity index (χ4v) is 2.82. The zero-order valence-corrected chi connectivity index (χ0v) is 12.0. The van der Waals surface area contributed by atoms with Crippen LogP contribution in [0.5, 0.6) is 0 Å². The lowest BCUT2D eigenvalue weighted by molar-refractivity contribution is -0.111. The maximum Gasteiger partial charge on any atom is 0.123 e. The van der Waals surface area contributed by atoms with Gasteiger partial charge in [-0.2, -0.15) is 0 Å². The van der Waals surface area contributed by atoms with Crippen LogP contribution in [0.4, 0.5) is 5.69 Å². The van der Waals surface area contributed by atoms with Crippen LogP contribution in [-0.4, -0.2) is 12.8 Å². The van der Waals surface area contributed by atoms with E-state index in [0.29, 0.717) is 0 Å². The van der Waals surface area contributed by atoms with Gasteiger partial charge in [0.15, 0.2) is 0 Å². The molecule has 0 radical (unpaired) electrons. The first-order chi connectivity index (χ1) is 10.4. The number of rotatable bonds is 3. The maximum atomic E-state index is 11.2. The van der Waals surface area contributed by atoms with Crippen LogP contribution in [0.3, 0.4) is 0 Å². The average Bonchev–Trinajstić information content (AvgIpc) is 2.56. The zero-order valence-electron chi connectivity index (χ0n) is 12.0. The van der Waals surface area contributed by atoms with E-state index >= 15 is 0 Å². The molecule has 0 bridgehead atoms. The molecule has 2 aromatic carbocycles. The molecule has 1 aliphatic heterocycles. The summed E-state index contributed by atoms with van der Waals surface area (Å²) in [4.78, 5) is 13.5. The number of aldehydes is 1. The summed E-state index contributed by atoms with van der Waals surface area (Å²) in [5.41, 5.74) is 3.60. The minimum atomic E-state index is 0.139. The first-order valence-corrected chi connectivity index (χ1v) is 7.40. The molecule has 0 spiro atoms. The van der Waals surface area contributed by atoms with Gasteiger partial charge in [-0.25, -0.2) is 0 Å². The Morgan fingerprint density at radius 1 is 0.952 bits per heavy atom. The van der Waals surface area contributed by atoms with Gasteiger partial charge in [0, 0.05) is 23.8 Å². The van der Waals surface area contributed by atoms with Crippen molar-refractivity contribution in [3.63, 3.8) is 0 Å². The molecule has 0 aromatic heterocycles. The lowest BCUT2D eigenvalue weighted by atomic mass is 9.94. The fraction of sp³-hybridized carbons (Fsp3) is 0.211. The van der Waals surface area contributed by atoms with E-state index in [0.717, 1.165) is 25.7 Å². The van der Waals surface area contributed by atoms with Gasteiger partial charge in [-0.05, 0) is 36.6 Å². The lowest BCUT2D eigenvalue weighted by Gasteiger charge is -2.34. The SMILES string of the molecule is O=CC1CCN(c2ccccc2)C(=Cc2ccccc2)C1. The summed E-state index contributed by atoms with van der Waals surface area (Å²) < 4.78 is 0. The van der Waals surface area contributed by atoms with Crippen LogP contribution in [0.15, 0.2) is 66.4 Å². The summed E-state index contributed by atoms with van der Waals surface area (Å²) in [6, 6.07) is 20.7. The highest BCUT2D eigenvalue weighted by Crippen LogP contribution is 2.31. The predicted octanol–water partition coefficient (Wildman–Crippen LogP) is 4.14. The van der Waals surface area contributed by atoms with Crippen LogP contribution in [0.1, 0.15) is 18.4 Å². The van der Waals surface area contributed by atoms with Gasteiger partial charge in [-0.15, -0.1) is 0 Å². The molecule has 106 valence electrons. The molecule has 0 saturated carbocycles. The Hall–Kier alpha value is -2.35. The molecule has 0 aliphatic carbocycles. The molecule has 2 nitrogen and oxygen atoms in total. The number of carbonyl (C=O) groups is 1. The highest BCUT2D eigenvalue weighted by atomic mass is 16.1.